The number of aryl methyl sites for hydroxylation is 1. The minimum atomic E-state index is 0.580. The molecule has 0 radical (unpaired) electrons. The highest BCUT2D eigenvalue weighted by atomic mass is 16.3. The third-order valence-corrected chi connectivity index (χ3v) is 6.00. The first-order valence-corrected chi connectivity index (χ1v) is 11.2. The largest absolute Gasteiger partial charge is 0.432 e. The summed E-state index contributed by atoms with van der Waals surface area (Å²) < 4.78 is 6.24. The van der Waals surface area contributed by atoms with Crippen molar-refractivity contribution in [2.75, 3.05) is 31.5 Å². The van der Waals surface area contributed by atoms with E-state index in [-0.39, 0.29) is 0 Å². The molecule has 0 spiro atoms. The first-order valence-electron chi connectivity index (χ1n) is 11.2. The summed E-state index contributed by atoms with van der Waals surface area (Å²) in [7, 11) is 0. The van der Waals surface area contributed by atoms with Crippen molar-refractivity contribution in [2.45, 2.75) is 59.8 Å². The maximum atomic E-state index is 6.24. The van der Waals surface area contributed by atoms with Crippen molar-refractivity contribution in [3.8, 4) is 0 Å². The SMILES string of the molecule is CCN(CC)CCCNc1ncnc2c1oc1nc(CC(C)C)c3c(c12)CCC3. The van der Waals surface area contributed by atoms with Gasteiger partial charge in [0.2, 0.25) is 5.71 Å². The van der Waals surface area contributed by atoms with Crippen LogP contribution in [0.4, 0.5) is 5.82 Å². The van der Waals surface area contributed by atoms with E-state index < -0.39 is 0 Å². The Bertz CT molecular complexity index is 990. The van der Waals surface area contributed by atoms with Crippen LogP contribution in [0.5, 0.6) is 0 Å². The smallest absolute Gasteiger partial charge is 0.229 e. The van der Waals surface area contributed by atoms with Crippen LogP contribution in [0.1, 0.15) is 57.4 Å². The molecular weight excluding hydrogens is 362 g/mol. The van der Waals surface area contributed by atoms with Gasteiger partial charge in [-0.25, -0.2) is 15.0 Å². The van der Waals surface area contributed by atoms with E-state index in [1.807, 2.05) is 0 Å². The van der Waals surface area contributed by atoms with Crippen LogP contribution in [-0.4, -0.2) is 46.0 Å². The molecule has 1 aliphatic carbocycles. The number of pyridine rings is 1. The number of nitrogens with zero attached hydrogens (tertiary/aromatic N) is 4. The molecule has 1 aliphatic rings. The van der Waals surface area contributed by atoms with Crippen LogP contribution in [0.3, 0.4) is 0 Å². The second-order valence-electron chi connectivity index (χ2n) is 8.46. The molecule has 29 heavy (non-hydrogen) atoms. The van der Waals surface area contributed by atoms with Crippen molar-refractivity contribution in [1.29, 1.82) is 0 Å². The van der Waals surface area contributed by atoms with Gasteiger partial charge >= 0.3 is 0 Å². The molecule has 3 heterocycles. The highest BCUT2D eigenvalue weighted by Gasteiger charge is 2.25. The zero-order chi connectivity index (χ0) is 20.4. The maximum Gasteiger partial charge on any atom is 0.229 e. The molecule has 3 aromatic rings. The summed E-state index contributed by atoms with van der Waals surface area (Å²) in [5.74, 6) is 1.36. The molecule has 0 saturated carbocycles. The number of aromatic nitrogens is 3. The van der Waals surface area contributed by atoms with E-state index in [0.717, 1.165) is 79.9 Å². The van der Waals surface area contributed by atoms with Gasteiger partial charge in [0.05, 0.1) is 5.39 Å². The molecule has 0 aromatic carbocycles. The Morgan fingerprint density at radius 1 is 1.14 bits per heavy atom. The lowest BCUT2D eigenvalue weighted by molar-refractivity contribution is 0.303. The number of nitrogens with one attached hydrogen (secondary N) is 1. The molecule has 0 unspecified atom stereocenters. The van der Waals surface area contributed by atoms with Crippen molar-refractivity contribution >= 4 is 28.0 Å². The lowest BCUT2D eigenvalue weighted by Gasteiger charge is -2.17. The van der Waals surface area contributed by atoms with Crippen molar-refractivity contribution in [3.63, 3.8) is 0 Å². The molecule has 0 atom stereocenters. The van der Waals surface area contributed by atoms with Crippen molar-refractivity contribution in [1.82, 2.24) is 19.9 Å². The quantitative estimate of drug-likeness (QED) is 0.534. The van der Waals surface area contributed by atoms with Gasteiger partial charge in [0, 0.05) is 12.2 Å². The Hall–Kier alpha value is -2.21. The lowest BCUT2D eigenvalue weighted by Crippen LogP contribution is -2.25. The molecule has 156 valence electrons. The predicted octanol–water partition coefficient (Wildman–Crippen LogP) is 4.60. The molecule has 0 saturated heterocycles. The molecular formula is C23H33N5O. The number of fused-ring (bicyclic) bond motifs is 5. The fourth-order valence-corrected chi connectivity index (χ4v) is 4.51. The molecule has 0 bridgehead atoms. The molecule has 3 aromatic heterocycles. The van der Waals surface area contributed by atoms with Crippen LogP contribution in [0.15, 0.2) is 10.7 Å². The standard InChI is InChI=1S/C23H33N5O/c1-5-28(6-2)12-8-11-24-22-21-20(25-14-26-22)19-17-10-7-9-16(17)18(13-15(3)4)27-23(19)29-21/h14-15H,5-13H2,1-4H3,(H,24,25,26). The van der Waals surface area contributed by atoms with Crippen LogP contribution in [0.25, 0.3) is 22.2 Å². The Kier molecular flexibility index (Phi) is 5.99. The Balaban J connectivity index is 1.66. The van der Waals surface area contributed by atoms with Crippen LogP contribution in [0.2, 0.25) is 0 Å². The van der Waals surface area contributed by atoms with E-state index in [1.165, 1.54) is 23.2 Å². The zero-order valence-corrected chi connectivity index (χ0v) is 18.2. The average Bonchev–Trinajstić information content (AvgIpc) is 3.32. The summed E-state index contributed by atoms with van der Waals surface area (Å²) in [5, 5.41) is 4.57. The van der Waals surface area contributed by atoms with Crippen LogP contribution in [-0.2, 0) is 19.3 Å². The highest BCUT2D eigenvalue weighted by molar-refractivity contribution is 6.06. The van der Waals surface area contributed by atoms with Crippen LogP contribution < -0.4 is 5.32 Å². The van der Waals surface area contributed by atoms with Crippen LogP contribution in [0, 0.1) is 5.92 Å². The maximum absolute atomic E-state index is 6.24. The lowest BCUT2D eigenvalue weighted by atomic mass is 9.99. The summed E-state index contributed by atoms with van der Waals surface area (Å²) in [6, 6.07) is 0. The normalized spacial score (nSPS) is 13.9. The minimum absolute atomic E-state index is 0.580. The van der Waals surface area contributed by atoms with Gasteiger partial charge in [-0.05, 0) is 68.8 Å². The van der Waals surface area contributed by atoms with Crippen LogP contribution >= 0.6 is 0 Å². The molecule has 1 N–H and O–H groups in total. The van der Waals surface area contributed by atoms with Gasteiger partial charge in [-0.1, -0.05) is 27.7 Å². The van der Waals surface area contributed by atoms with E-state index in [4.69, 9.17) is 9.40 Å². The third-order valence-electron chi connectivity index (χ3n) is 6.00. The van der Waals surface area contributed by atoms with E-state index in [2.05, 4.69) is 47.9 Å². The van der Waals surface area contributed by atoms with Gasteiger partial charge in [0.15, 0.2) is 11.4 Å². The number of hydrogen-bond donors (Lipinski definition) is 1. The van der Waals surface area contributed by atoms with Crippen molar-refractivity contribution < 1.29 is 4.42 Å². The average molecular weight is 396 g/mol. The predicted molar refractivity (Wildman–Crippen MR) is 119 cm³/mol. The summed E-state index contributed by atoms with van der Waals surface area (Å²) in [6.45, 7) is 13.0. The summed E-state index contributed by atoms with van der Waals surface area (Å²) in [6.07, 6.45) is 7.11. The van der Waals surface area contributed by atoms with Gasteiger partial charge < -0.3 is 14.6 Å². The fourth-order valence-electron chi connectivity index (χ4n) is 4.51. The highest BCUT2D eigenvalue weighted by Crippen LogP contribution is 2.38. The fraction of sp³-hybridized carbons (Fsp3) is 0.609. The van der Waals surface area contributed by atoms with E-state index in [9.17, 15) is 0 Å². The summed E-state index contributed by atoms with van der Waals surface area (Å²) in [4.78, 5) is 16.4. The Labute approximate surface area is 173 Å². The first kappa shape index (κ1) is 20.1. The van der Waals surface area contributed by atoms with Gasteiger partial charge in [-0.15, -0.1) is 0 Å². The van der Waals surface area contributed by atoms with E-state index in [1.54, 1.807) is 6.33 Å². The number of hydrogen-bond acceptors (Lipinski definition) is 6. The zero-order valence-electron chi connectivity index (χ0n) is 18.2. The number of rotatable bonds is 9. The minimum Gasteiger partial charge on any atom is -0.432 e. The molecule has 0 fully saturated rings. The topological polar surface area (TPSA) is 67.1 Å². The molecule has 0 aliphatic heterocycles. The Morgan fingerprint density at radius 3 is 2.69 bits per heavy atom. The Morgan fingerprint density at radius 2 is 1.93 bits per heavy atom. The summed E-state index contributed by atoms with van der Waals surface area (Å²) >= 11 is 0. The van der Waals surface area contributed by atoms with E-state index in [0.29, 0.717) is 5.92 Å². The second kappa shape index (κ2) is 8.66. The molecule has 6 nitrogen and oxygen atoms in total. The molecule has 6 heteroatoms. The van der Waals surface area contributed by atoms with Crippen molar-refractivity contribution in [2.24, 2.45) is 5.92 Å². The van der Waals surface area contributed by atoms with Gasteiger partial charge in [-0.3, -0.25) is 0 Å². The van der Waals surface area contributed by atoms with Crippen molar-refractivity contribution in [3.05, 3.63) is 23.1 Å². The summed E-state index contributed by atoms with van der Waals surface area (Å²) in [5.41, 5.74) is 6.41. The molecule has 4 rings (SSSR count). The van der Waals surface area contributed by atoms with E-state index >= 15 is 0 Å². The first-order chi connectivity index (χ1) is 14.1. The van der Waals surface area contributed by atoms with Gasteiger partial charge in [-0.2, -0.15) is 0 Å². The number of anilines is 1. The number of furan rings is 1. The third kappa shape index (κ3) is 3.95. The monoisotopic (exact) mass is 395 g/mol. The second-order valence-corrected chi connectivity index (χ2v) is 8.46. The van der Waals surface area contributed by atoms with Gasteiger partial charge in [0.1, 0.15) is 11.8 Å². The molecule has 0 amide bonds. The van der Waals surface area contributed by atoms with Gasteiger partial charge in [0.25, 0.3) is 0 Å².